The van der Waals surface area contributed by atoms with Crippen molar-refractivity contribution in [2.75, 3.05) is 13.1 Å². The van der Waals surface area contributed by atoms with Crippen LogP contribution < -0.4 is 11.1 Å². The molecule has 3 atom stereocenters. The van der Waals surface area contributed by atoms with Gasteiger partial charge in [0.15, 0.2) is 0 Å². The number of amides is 1. The average molecular weight is 263 g/mol. The van der Waals surface area contributed by atoms with Crippen LogP contribution in [0.4, 0.5) is 0 Å². The number of hydrogen-bond donors (Lipinski definition) is 2. The summed E-state index contributed by atoms with van der Waals surface area (Å²) >= 11 is 0. The Labute approximate surface area is 111 Å². The Morgan fingerprint density at radius 3 is 2.76 bits per heavy atom. The van der Waals surface area contributed by atoms with Crippen molar-refractivity contribution in [2.24, 2.45) is 23.5 Å². The van der Waals surface area contributed by atoms with E-state index in [-0.39, 0.29) is 18.3 Å². The lowest BCUT2D eigenvalue weighted by Gasteiger charge is -2.26. The van der Waals surface area contributed by atoms with Crippen LogP contribution >= 0.6 is 12.4 Å². The van der Waals surface area contributed by atoms with Crippen molar-refractivity contribution >= 4 is 18.3 Å². The van der Waals surface area contributed by atoms with Gasteiger partial charge >= 0.3 is 0 Å². The van der Waals surface area contributed by atoms with Gasteiger partial charge in [0.2, 0.25) is 5.91 Å². The van der Waals surface area contributed by atoms with Gasteiger partial charge in [-0.25, -0.2) is 0 Å². The Morgan fingerprint density at radius 2 is 2.18 bits per heavy atom. The second-order valence-electron chi connectivity index (χ2n) is 5.49. The normalized spacial score (nSPS) is 25.8. The maximum Gasteiger partial charge on any atom is 0.220 e. The molecule has 3 N–H and O–H groups in total. The summed E-state index contributed by atoms with van der Waals surface area (Å²) in [5.74, 6) is 2.00. The maximum atomic E-state index is 11.7. The van der Waals surface area contributed by atoms with Crippen LogP contribution in [0, 0.1) is 17.8 Å². The molecule has 0 aromatic carbocycles. The number of halogens is 1. The Bertz CT molecular complexity index is 223. The van der Waals surface area contributed by atoms with Gasteiger partial charge < -0.3 is 11.1 Å². The van der Waals surface area contributed by atoms with Gasteiger partial charge in [-0.2, -0.15) is 0 Å². The summed E-state index contributed by atoms with van der Waals surface area (Å²) in [6.07, 6.45) is 5.78. The van der Waals surface area contributed by atoms with Crippen LogP contribution in [-0.2, 0) is 4.79 Å². The van der Waals surface area contributed by atoms with Crippen LogP contribution in [0.1, 0.15) is 46.0 Å². The molecule has 0 aliphatic heterocycles. The van der Waals surface area contributed by atoms with E-state index in [0.717, 1.165) is 12.5 Å². The third-order valence-electron chi connectivity index (χ3n) is 3.57. The van der Waals surface area contributed by atoms with Crippen molar-refractivity contribution in [3.05, 3.63) is 0 Å². The zero-order chi connectivity index (χ0) is 12.0. The Morgan fingerprint density at radius 1 is 1.47 bits per heavy atom. The van der Waals surface area contributed by atoms with Gasteiger partial charge in [-0.1, -0.05) is 26.7 Å². The summed E-state index contributed by atoms with van der Waals surface area (Å²) in [4.78, 5) is 11.7. The molecule has 0 saturated heterocycles. The topological polar surface area (TPSA) is 55.1 Å². The number of hydrogen-bond acceptors (Lipinski definition) is 2. The highest BCUT2D eigenvalue weighted by atomic mass is 35.5. The minimum Gasteiger partial charge on any atom is -0.356 e. The molecular weight excluding hydrogens is 236 g/mol. The number of nitrogens with two attached hydrogens (primary N) is 1. The Balaban J connectivity index is 0.00000256. The van der Waals surface area contributed by atoms with Crippen molar-refractivity contribution in [2.45, 2.75) is 46.0 Å². The molecule has 102 valence electrons. The smallest absolute Gasteiger partial charge is 0.220 e. The van der Waals surface area contributed by atoms with Crippen LogP contribution in [0.5, 0.6) is 0 Å². The molecule has 17 heavy (non-hydrogen) atoms. The fourth-order valence-electron chi connectivity index (χ4n) is 2.45. The van der Waals surface area contributed by atoms with E-state index in [2.05, 4.69) is 19.2 Å². The molecule has 1 aliphatic rings. The van der Waals surface area contributed by atoms with E-state index in [1.807, 2.05) is 0 Å². The summed E-state index contributed by atoms with van der Waals surface area (Å²) in [7, 11) is 0. The lowest BCUT2D eigenvalue weighted by atomic mass is 9.81. The summed E-state index contributed by atoms with van der Waals surface area (Å²) in [6, 6.07) is 0. The standard InChI is InChI=1S/C13H26N2O.ClH/c1-10-4-3-5-12(6-10)7-13(16)15-9-11(2)8-14;/h10-12H,3-9,14H2,1-2H3,(H,15,16);1H. The first-order valence-corrected chi connectivity index (χ1v) is 6.58. The first-order chi connectivity index (χ1) is 7.61. The third-order valence-corrected chi connectivity index (χ3v) is 3.57. The lowest BCUT2D eigenvalue weighted by Crippen LogP contribution is -2.33. The van der Waals surface area contributed by atoms with Gasteiger partial charge in [0.05, 0.1) is 0 Å². The number of nitrogens with one attached hydrogen (secondary N) is 1. The Kier molecular flexibility index (Phi) is 8.61. The number of carbonyl (C=O) groups is 1. The van der Waals surface area contributed by atoms with Crippen LogP contribution in [0.2, 0.25) is 0 Å². The van der Waals surface area contributed by atoms with Gasteiger partial charge in [-0.15, -0.1) is 12.4 Å². The summed E-state index contributed by atoms with van der Waals surface area (Å²) in [5, 5.41) is 2.98. The van der Waals surface area contributed by atoms with Crippen molar-refractivity contribution in [3.8, 4) is 0 Å². The predicted molar refractivity (Wildman–Crippen MR) is 74.2 cm³/mol. The number of carbonyl (C=O) groups excluding carboxylic acids is 1. The largest absolute Gasteiger partial charge is 0.356 e. The molecule has 1 fully saturated rings. The zero-order valence-electron chi connectivity index (χ0n) is 11.1. The molecular formula is C13H27ClN2O. The van der Waals surface area contributed by atoms with E-state index in [1.165, 1.54) is 25.7 Å². The molecule has 1 rings (SSSR count). The lowest BCUT2D eigenvalue weighted by molar-refractivity contribution is -0.122. The highest BCUT2D eigenvalue weighted by molar-refractivity contribution is 5.85. The molecule has 1 aliphatic carbocycles. The van der Waals surface area contributed by atoms with Crippen molar-refractivity contribution in [1.29, 1.82) is 0 Å². The van der Waals surface area contributed by atoms with E-state index in [0.29, 0.717) is 24.8 Å². The Hall–Kier alpha value is -0.280. The van der Waals surface area contributed by atoms with E-state index in [4.69, 9.17) is 5.73 Å². The van der Waals surface area contributed by atoms with Crippen LogP contribution in [0.25, 0.3) is 0 Å². The van der Waals surface area contributed by atoms with Crippen molar-refractivity contribution in [1.82, 2.24) is 5.32 Å². The molecule has 4 heteroatoms. The third kappa shape index (κ3) is 6.89. The number of rotatable bonds is 5. The summed E-state index contributed by atoms with van der Waals surface area (Å²) < 4.78 is 0. The van der Waals surface area contributed by atoms with E-state index >= 15 is 0 Å². The average Bonchev–Trinajstić information content (AvgIpc) is 2.26. The molecule has 0 aromatic heterocycles. The summed E-state index contributed by atoms with van der Waals surface area (Å²) in [6.45, 7) is 5.71. The summed E-state index contributed by atoms with van der Waals surface area (Å²) in [5.41, 5.74) is 5.51. The minimum absolute atomic E-state index is 0. The molecule has 1 saturated carbocycles. The van der Waals surface area contributed by atoms with Gasteiger partial charge in [0, 0.05) is 13.0 Å². The van der Waals surface area contributed by atoms with E-state index in [1.54, 1.807) is 0 Å². The van der Waals surface area contributed by atoms with Crippen molar-refractivity contribution in [3.63, 3.8) is 0 Å². The van der Waals surface area contributed by atoms with Crippen LogP contribution in [0.15, 0.2) is 0 Å². The highest BCUT2D eigenvalue weighted by Gasteiger charge is 2.21. The first-order valence-electron chi connectivity index (χ1n) is 6.58. The molecule has 1 amide bonds. The second kappa shape index (κ2) is 8.76. The molecule has 0 heterocycles. The van der Waals surface area contributed by atoms with Gasteiger partial charge in [-0.3, -0.25) is 4.79 Å². The molecule has 0 spiro atoms. The molecule has 3 unspecified atom stereocenters. The van der Waals surface area contributed by atoms with E-state index in [9.17, 15) is 4.79 Å². The van der Waals surface area contributed by atoms with Gasteiger partial charge in [0.1, 0.15) is 0 Å². The monoisotopic (exact) mass is 262 g/mol. The molecule has 0 bridgehead atoms. The van der Waals surface area contributed by atoms with Crippen molar-refractivity contribution < 1.29 is 4.79 Å². The highest BCUT2D eigenvalue weighted by Crippen LogP contribution is 2.30. The molecule has 0 aromatic rings. The first kappa shape index (κ1) is 16.7. The SMILES string of the molecule is CC(CN)CNC(=O)CC1CCCC(C)C1.Cl. The van der Waals surface area contributed by atoms with Gasteiger partial charge in [-0.05, 0) is 37.1 Å². The molecule has 3 nitrogen and oxygen atoms in total. The van der Waals surface area contributed by atoms with Crippen LogP contribution in [0.3, 0.4) is 0 Å². The zero-order valence-corrected chi connectivity index (χ0v) is 11.9. The van der Waals surface area contributed by atoms with Crippen LogP contribution in [-0.4, -0.2) is 19.0 Å². The van der Waals surface area contributed by atoms with E-state index < -0.39 is 0 Å². The maximum absolute atomic E-state index is 11.7. The fraction of sp³-hybridized carbons (Fsp3) is 0.923. The minimum atomic E-state index is 0. The van der Waals surface area contributed by atoms with Gasteiger partial charge in [0.25, 0.3) is 0 Å². The molecule has 0 radical (unpaired) electrons. The fourth-order valence-corrected chi connectivity index (χ4v) is 2.45. The quantitative estimate of drug-likeness (QED) is 0.799. The second-order valence-corrected chi connectivity index (χ2v) is 5.49. The predicted octanol–water partition coefficient (Wildman–Crippen LogP) is 2.34.